The van der Waals surface area contributed by atoms with Crippen LogP contribution in [-0.2, 0) is 4.79 Å². The molecule has 2 aromatic rings. The summed E-state index contributed by atoms with van der Waals surface area (Å²) in [6.45, 7) is 3.80. The maximum Gasteiger partial charge on any atom is 0.326 e. The van der Waals surface area contributed by atoms with Crippen LogP contribution in [-0.4, -0.2) is 18.5 Å². The highest BCUT2D eigenvalue weighted by atomic mass is 19.1. The average Bonchev–Trinajstić information content (AvgIpc) is 2.58. The van der Waals surface area contributed by atoms with Gasteiger partial charge in [0.1, 0.15) is 11.6 Å². The van der Waals surface area contributed by atoms with E-state index in [1.54, 1.807) is 18.2 Å². The number of hydrogen-bond donors (Lipinski definition) is 3. The minimum Gasteiger partial charge on any atom is -0.305 e. The number of anilines is 1. The molecule has 26 heavy (non-hydrogen) atoms. The van der Waals surface area contributed by atoms with Crippen LogP contribution in [0.25, 0.3) is 0 Å². The Morgan fingerprint density at radius 3 is 2.27 bits per heavy atom. The fourth-order valence-corrected chi connectivity index (χ4v) is 2.50. The van der Waals surface area contributed by atoms with Crippen molar-refractivity contribution in [2.45, 2.75) is 19.9 Å². The molecule has 0 saturated heterocycles. The zero-order valence-corrected chi connectivity index (χ0v) is 14.6. The number of hydrogen-bond acceptors (Lipinski definition) is 3. The summed E-state index contributed by atoms with van der Waals surface area (Å²) in [5.74, 6) is -1.35. The molecule has 2 aromatic carbocycles. The first-order chi connectivity index (χ1) is 12.4. The summed E-state index contributed by atoms with van der Waals surface area (Å²) in [6.07, 6.45) is 0. The maximum absolute atomic E-state index is 13.5. The molecule has 0 spiro atoms. The van der Waals surface area contributed by atoms with E-state index in [9.17, 15) is 18.4 Å². The Balaban J connectivity index is 1.89. The predicted molar refractivity (Wildman–Crippen MR) is 95.5 cm³/mol. The van der Waals surface area contributed by atoms with Gasteiger partial charge in [0.2, 0.25) is 5.91 Å². The summed E-state index contributed by atoms with van der Waals surface area (Å²) in [5, 5.41) is 7.45. The summed E-state index contributed by atoms with van der Waals surface area (Å²) in [6, 6.07) is 10.7. The summed E-state index contributed by atoms with van der Waals surface area (Å²) < 4.78 is 26.5. The third kappa shape index (κ3) is 5.63. The number of rotatable bonds is 6. The number of amides is 3. The SMILES string of the molecule is CC(C)[C@@H](NCC(=O)NC(=O)Nc1ccccc1F)c1ccc(F)cc1. The molecule has 3 N–H and O–H groups in total. The van der Waals surface area contributed by atoms with Crippen LogP contribution in [0.1, 0.15) is 25.5 Å². The minimum atomic E-state index is -0.815. The summed E-state index contributed by atoms with van der Waals surface area (Å²) in [5.41, 5.74) is 0.821. The number of para-hydroxylation sites is 1. The van der Waals surface area contributed by atoms with E-state index in [0.717, 1.165) is 5.56 Å². The molecular formula is C19H21F2N3O2. The number of carbonyl (C=O) groups excluding carboxylic acids is 2. The lowest BCUT2D eigenvalue weighted by Crippen LogP contribution is -2.41. The zero-order chi connectivity index (χ0) is 19.1. The van der Waals surface area contributed by atoms with Gasteiger partial charge >= 0.3 is 6.03 Å². The van der Waals surface area contributed by atoms with E-state index >= 15 is 0 Å². The highest BCUT2D eigenvalue weighted by molar-refractivity contribution is 6.01. The standard InChI is InChI=1S/C19H21F2N3O2/c1-12(2)18(13-7-9-14(20)10-8-13)22-11-17(25)24-19(26)23-16-6-4-3-5-15(16)21/h3-10,12,18,22H,11H2,1-2H3,(H2,23,24,25,26)/t18-/m1/s1. The van der Waals surface area contributed by atoms with E-state index in [1.807, 2.05) is 13.8 Å². The van der Waals surface area contributed by atoms with Crippen LogP contribution in [0.2, 0.25) is 0 Å². The molecule has 0 saturated carbocycles. The highest BCUT2D eigenvalue weighted by Gasteiger charge is 2.17. The largest absolute Gasteiger partial charge is 0.326 e. The van der Waals surface area contributed by atoms with Crippen molar-refractivity contribution in [3.8, 4) is 0 Å². The summed E-state index contributed by atoms with van der Waals surface area (Å²) >= 11 is 0. The van der Waals surface area contributed by atoms with Gasteiger partial charge in [-0.15, -0.1) is 0 Å². The van der Waals surface area contributed by atoms with Crippen LogP contribution in [0.4, 0.5) is 19.3 Å². The molecule has 0 aliphatic rings. The molecule has 5 nitrogen and oxygen atoms in total. The number of urea groups is 1. The van der Waals surface area contributed by atoms with Gasteiger partial charge in [-0.2, -0.15) is 0 Å². The van der Waals surface area contributed by atoms with E-state index in [-0.39, 0.29) is 30.0 Å². The van der Waals surface area contributed by atoms with Crippen LogP contribution in [0.5, 0.6) is 0 Å². The predicted octanol–water partition coefficient (Wildman–Crippen LogP) is 3.60. The van der Waals surface area contributed by atoms with Gasteiger partial charge in [0, 0.05) is 6.04 Å². The van der Waals surface area contributed by atoms with Gasteiger partial charge in [-0.3, -0.25) is 10.1 Å². The van der Waals surface area contributed by atoms with Crippen LogP contribution in [0.15, 0.2) is 48.5 Å². The van der Waals surface area contributed by atoms with Crippen molar-refractivity contribution in [3.63, 3.8) is 0 Å². The number of carbonyl (C=O) groups is 2. The van der Waals surface area contributed by atoms with Crippen molar-refractivity contribution in [2.24, 2.45) is 5.92 Å². The Morgan fingerprint density at radius 2 is 1.65 bits per heavy atom. The number of benzene rings is 2. The Morgan fingerprint density at radius 1 is 1.00 bits per heavy atom. The van der Waals surface area contributed by atoms with Gasteiger partial charge in [0.25, 0.3) is 0 Å². The van der Waals surface area contributed by atoms with E-state index in [0.29, 0.717) is 0 Å². The molecular weight excluding hydrogens is 340 g/mol. The molecule has 0 aromatic heterocycles. The molecule has 7 heteroatoms. The lowest BCUT2D eigenvalue weighted by molar-refractivity contribution is -0.119. The maximum atomic E-state index is 13.5. The van der Waals surface area contributed by atoms with Crippen molar-refractivity contribution in [3.05, 3.63) is 65.7 Å². The van der Waals surface area contributed by atoms with Crippen LogP contribution in [0, 0.1) is 17.6 Å². The van der Waals surface area contributed by atoms with Crippen molar-refractivity contribution in [1.29, 1.82) is 0 Å². The minimum absolute atomic E-state index is 0.0165. The number of halogens is 2. The molecule has 1 atom stereocenters. The van der Waals surface area contributed by atoms with Crippen molar-refractivity contribution >= 4 is 17.6 Å². The van der Waals surface area contributed by atoms with Gasteiger partial charge in [0.05, 0.1) is 12.2 Å². The van der Waals surface area contributed by atoms with Crippen molar-refractivity contribution in [2.75, 3.05) is 11.9 Å². The molecule has 0 bridgehead atoms. The van der Waals surface area contributed by atoms with Crippen LogP contribution in [0.3, 0.4) is 0 Å². The molecule has 0 fully saturated rings. The third-order valence-electron chi connectivity index (χ3n) is 3.75. The van der Waals surface area contributed by atoms with Gasteiger partial charge < -0.3 is 10.6 Å². The fraction of sp³-hybridized carbons (Fsp3) is 0.263. The third-order valence-corrected chi connectivity index (χ3v) is 3.75. The van der Waals surface area contributed by atoms with E-state index in [2.05, 4.69) is 16.0 Å². The molecule has 0 radical (unpaired) electrons. The number of imide groups is 1. The van der Waals surface area contributed by atoms with Gasteiger partial charge in [-0.05, 0) is 35.7 Å². The molecule has 138 valence electrons. The molecule has 3 amide bonds. The first-order valence-electron chi connectivity index (χ1n) is 8.21. The van der Waals surface area contributed by atoms with E-state index in [1.165, 1.54) is 30.3 Å². The Kier molecular flexibility index (Phi) is 6.80. The molecule has 0 aliphatic carbocycles. The van der Waals surface area contributed by atoms with Crippen LogP contribution < -0.4 is 16.0 Å². The van der Waals surface area contributed by atoms with Gasteiger partial charge in [-0.25, -0.2) is 13.6 Å². The number of nitrogens with one attached hydrogen (secondary N) is 3. The second-order valence-corrected chi connectivity index (χ2v) is 6.14. The molecule has 0 heterocycles. The first kappa shape index (κ1) is 19.5. The second kappa shape index (κ2) is 9.05. The summed E-state index contributed by atoms with van der Waals surface area (Å²) in [7, 11) is 0. The molecule has 0 aliphatic heterocycles. The zero-order valence-electron chi connectivity index (χ0n) is 14.6. The molecule has 0 unspecified atom stereocenters. The topological polar surface area (TPSA) is 70.2 Å². The van der Waals surface area contributed by atoms with Crippen molar-refractivity contribution in [1.82, 2.24) is 10.6 Å². The van der Waals surface area contributed by atoms with Gasteiger partial charge in [0.15, 0.2) is 0 Å². The van der Waals surface area contributed by atoms with Crippen molar-refractivity contribution < 1.29 is 18.4 Å². The van der Waals surface area contributed by atoms with E-state index < -0.39 is 17.8 Å². The van der Waals surface area contributed by atoms with Crippen LogP contribution >= 0.6 is 0 Å². The Labute approximate surface area is 150 Å². The Hall–Kier alpha value is -2.80. The first-order valence-corrected chi connectivity index (χ1v) is 8.21. The summed E-state index contributed by atoms with van der Waals surface area (Å²) in [4.78, 5) is 23.7. The smallest absolute Gasteiger partial charge is 0.305 e. The lowest BCUT2D eigenvalue weighted by Gasteiger charge is -2.22. The normalized spacial score (nSPS) is 11.9. The lowest BCUT2D eigenvalue weighted by atomic mass is 9.96. The second-order valence-electron chi connectivity index (χ2n) is 6.14. The van der Waals surface area contributed by atoms with Gasteiger partial charge in [-0.1, -0.05) is 38.1 Å². The quantitative estimate of drug-likeness (QED) is 0.736. The van der Waals surface area contributed by atoms with E-state index in [4.69, 9.17) is 0 Å². The Bertz CT molecular complexity index is 764. The fourth-order valence-electron chi connectivity index (χ4n) is 2.50. The monoisotopic (exact) mass is 361 g/mol. The highest BCUT2D eigenvalue weighted by Crippen LogP contribution is 2.21. The molecule has 2 rings (SSSR count). The average molecular weight is 361 g/mol.